The molecule has 5 heterocycles. The molecule has 7 heteroatoms. The molecule has 5 aromatic heterocycles. The van der Waals surface area contributed by atoms with Crippen LogP contribution in [0.15, 0.2) is 188 Å². The average Bonchev–Trinajstić information content (AvgIpc) is 4.14. The fourth-order valence-corrected chi connectivity index (χ4v) is 10.9. The highest BCUT2D eigenvalue weighted by Gasteiger charge is 2.28. The Labute approximate surface area is 446 Å². The highest BCUT2D eigenvalue weighted by atomic mass is 15.1. The second-order valence-corrected chi connectivity index (χ2v) is 23.0. The molecule has 0 spiro atoms. The molecular formula is C69H63N7. The fraction of sp³-hybridized carbons (Fsp3) is 0.203. The zero-order valence-electron chi connectivity index (χ0n) is 45.2. The van der Waals surface area contributed by atoms with E-state index < -0.39 is 0 Å². The molecular weight excluding hydrogens is 927 g/mol. The molecule has 0 radical (unpaired) electrons. The molecule has 374 valence electrons. The summed E-state index contributed by atoms with van der Waals surface area (Å²) in [6, 6.07) is 63.3. The van der Waals surface area contributed by atoms with E-state index in [1.807, 2.05) is 42.7 Å². The van der Waals surface area contributed by atoms with Gasteiger partial charge in [-0.15, -0.1) is 0 Å². The number of hydrogen-bond acceptors (Lipinski definition) is 5. The number of nitrogens with zero attached hydrogens (tertiary/aromatic N) is 7. The summed E-state index contributed by atoms with van der Waals surface area (Å²) in [5, 5.41) is 4.80. The maximum absolute atomic E-state index is 5.71. The predicted molar refractivity (Wildman–Crippen MR) is 317 cm³/mol. The molecule has 76 heavy (non-hydrogen) atoms. The molecule has 0 fully saturated rings. The lowest BCUT2D eigenvalue weighted by Gasteiger charge is -2.21. The molecule has 7 nitrogen and oxygen atoms in total. The highest BCUT2D eigenvalue weighted by Crippen LogP contribution is 2.45. The Bertz CT molecular complexity index is 3920. The maximum Gasteiger partial charge on any atom is 0.166 e. The monoisotopic (exact) mass is 990 g/mol. The van der Waals surface area contributed by atoms with Crippen LogP contribution in [0.2, 0.25) is 0 Å². The minimum atomic E-state index is -0.0528. The van der Waals surface area contributed by atoms with Crippen LogP contribution in [-0.4, -0.2) is 34.1 Å². The second-order valence-electron chi connectivity index (χ2n) is 23.0. The molecule has 0 aliphatic carbocycles. The van der Waals surface area contributed by atoms with Crippen molar-refractivity contribution in [3.63, 3.8) is 0 Å². The van der Waals surface area contributed by atoms with Gasteiger partial charge >= 0.3 is 0 Å². The van der Waals surface area contributed by atoms with Crippen molar-refractivity contribution in [3.8, 4) is 68.1 Å². The molecule has 0 aliphatic rings. The lowest BCUT2D eigenvalue weighted by Crippen LogP contribution is -2.10. The topological polar surface area (TPSA) is 74.3 Å². The summed E-state index contributed by atoms with van der Waals surface area (Å²) in [4.78, 5) is 26.7. The number of benzene rings is 7. The van der Waals surface area contributed by atoms with Crippen molar-refractivity contribution in [1.82, 2.24) is 34.1 Å². The molecule has 0 aliphatic heterocycles. The van der Waals surface area contributed by atoms with Gasteiger partial charge in [-0.1, -0.05) is 160 Å². The van der Waals surface area contributed by atoms with Crippen LogP contribution >= 0.6 is 0 Å². The van der Waals surface area contributed by atoms with Crippen molar-refractivity contribution in [3.05, 3.63) is 211 Å². The van der Waals surface area contributed by atoms with Gasteiger partial charge in [0.15, 0.2) is 17.5 Å². The van der Waals surface area contributed by atoms with Gasteiger partial charge < -0.3 is 9.13 Å². The summed E-state index contributed by atoms with van der Waals surface area (Å²) in [6.07, 6.45) is 3.74. The number of pyridine rings is 2. The normalized spacial score (nSPS) is 12.3. The van der Waals surface area contributed by atoms with Gasteiger partial charge in [0.1, 0.15) is 0 Å². The quantitative estimate of drug-likeness (QED) is 0.144. The third kappa shape index (κ3) is 8.44. The van der Waals surface area contributed by atoms with Gasteiger partial charge in [-0.25, -0.2) is 15.0 Å². The summed E-state index contributed by atoms with van der Waals surface area (Å²) in [5.41, 5.74) is 17.5. The van der Waals surface area contributed by atoms with E-state index in [9.17, 15) is 0 Å². The Morgan fingerprint density at radius 2 is 0.737 bits per heavy atom. The Morgan fingerprint density at radius 1 is 0.355 bits per heavy atom. The molecule has 12 aromatic rings. The molecule has 0 saturated carbocycles. The van der Waals surface area contributed by atoms with Crippen molar-refractivity contribution in [2.75, 3.05) is 0 Å². The van der Waals surface area contributed by atoms with Crippen LogP contribution in [0, 0.1) is 0 Å². The zero-order chi connectivity index (χ0) is 52.6. The van der Waals surface area contributed by atoms with E-state index in [1.165, 1.54) is 43.8 Å². The predicted octanol–water partition coefficient (Wildman–Crippen LogP) is 18.0. The lowest BCUT2D eigenvalue weighted by molar-refractivity contribution is 0.591. The third-order valence-electron chi connectivity index (χ3n) is 15.2. The smallest absolute Gasteiger partial charge is 0.166 e. The Hall–Kier alpha value is -8.55. The number of aromatic nitrogens is 7. The summed E-state index contributed by atoms with van der Waals surface area (Å²) in [6.45, 7) is 22.8. The Kier molecular flexibility index (Phi) is 11.9. The first kappa shape index (κ1) is 48.4. The van der Waals surface area contributed by atoms with Crippen LogP contribution in [0.1, 0.15) is 103 Å². The van der Waals surface area contributed by atoms with E-state index in [2.05, 4.69) is 224 Å². The van der Waals surface area contributed by atoms with Crippen LogP contribution in [0.3, 0.4) is 0 Å². The Morgan fingerprint density at radius 3 is 1.13 bits per heavy atom. The molecule has 0 N–H and O–H groups in total. The van der Waals surface area contributed by atoms with Gasteiger partial charge in [0.25, 0.3) is 0 Å². The number of rotatable bonds is 9. The van der Waals surface area contributed by atoms with Crippen LogP contribution < -0.4 is 0 Å². The second kappa shape index (κ2) is 18.7. The molecule has 0 atom stereocenters. The van der Waals surface area contributed by atoms with Crippen LogP contribution in [0.5, 0.6) is 0 Å². The minimum Gasteiger partial charge on any atom is -0.308 e. The number of para-hydroxylation sites is 2. The molecule has 12 rings (SSSR count). The van der Waals surface area contributed by atoms with Gasteiger partial charge in [0.2, 0.25) is 0 Å². The highest BCUT2D eigenvalue weighted by molar-refractivity contribution is 6.12. The van der Waals surface area contributed by atoms with Crippen molar-refractivity contribution in [2.24, 2.45) is 0 Å². The average molecular weight is 990 g/mol. The van der Waals surface area contributed by atoms with Crippen LogP contribution in [0.25, 0.3) is 112 Å². The first-order valence-corrected chi connectivity index (χ1v) is 26.7. The van der Waals surface area contributed by atoms with Gasteiger partial charge in [-0.05, 0) is 130 Å². The molecule has 0 unspecified atom stereocenters. The zero-order valence-corrected chi connectivity index (χ0v) is 45.2. The van der Waals surface area contributed by atoms with Crippen molar-refractivity contribution in [1.29, 1.82) is 0 Å². The molecule has 0 bridgehead atoms. The summed E-state index contributed by atoms with van der Waals surface area (Å²) in [5.74, 6) is 2.37. The fourth-order valence-electron chi connectivity index (χ4n) is 10.9. The molecule has 0 amide bonds. The van der Waals surface area contributed by atoms with Gasteiger partial charge in [0.05, 0.1) is 44.8 Å². The van der Waals surface area contributed by atoms with E-state index >= 15 is 0 Å². The van der Waals surface area contributed by atoms with E-state index in [-0.39, 0.29) is 10.8 Å². The van der Waals surface area contributed by atoms with E-state index in [1.54, 1.807) is 0 Å². The largest absolute Gasteiger partial charge is 0.308 e. The van der Waals surface area contributed by atoms with Crippen molar-refractivity contribution >= 4 is 43.6 Å². The van der Waals surface area contributed by atoms with Crippen molar-refractivity contribution < 1.29 is 0 Å². The summed E-state index contributed by atoms with van der Waals surface area (Å²) in [7, 11) is 0. The number of fused-ring (bicyclic) bond motifs is 6. The van der Waals surface area contributed by atoms with Gasteiger partial charge in [0, 0.05) is 61.8 Å². The lowest BCUT2D eigenvalue weighted by atomic mass is 9.86. The van der Waals surface area contributed by atoms with E-state index in [4.69, 9.17) is 24.9 Å². The molecule has 7 aromatic carbocycles. The molecule has 0 saturated heterocycles. The number of hydrogen-bond donors (Lipinski definition) is 0. The van der Waals surface area contributed by atoms with E-state index in [0.717, 1.165) is 72.6 Å². The Balaban J connectivity index is 1.20. The van der Waals surface area contributed by atoms with E-state index in [0.29, 0.717) is 29.3 Å². The third-order valence-corrected chi connectivity index (χ3v) is 15.2. The summed E-state index contributed by atoms with van der Waals surface area (Å²) >= 11 is 0. The van der Waals surface area contributed by atoms with Gasteiger partial charge in [-0.3, -0.25) is 9.97 Å². The summed E-state index contributed by atoms with van der Waals surface area (Å²) < 4.78 is 4.85. The minimum absolute atomic E-state index is 0.0528. The van der Waals surface area contributed by atoms with Crippen LogP contribution in [-0.2, 0) is 10.8 Å². The van der Waals surface area contributed by atoms with Gasteiger partial charge in [-0.2, -0.15) is 0 Å². The first-order valence-electron chi connectivity index (χ1n) is 26.7. The van der Waals surface area contributed by atoms with Crippen molar-refractivity contribution in [2.45, 2.75) is 91.9 Å². The SMILES string of the molecule is CC(C)c1ccc2c(c1)c1cc(C(C)(C)C)ccc1n2-c1c(-c2ccccn2)cccc1-c1nc(-c2ccccc2)nc(-c2cccc(-c3ccccn3)c2-n2c3ccc(C(C)C)cc3c3cc(C(C)(C)C)ccc32)n1. The first-order chi connectivity index (χ1) is 36.6. The standard InChI is InChI=1S/C69H63N7/c1-42(2)45-28-32-59-53(38-45)55-40-47(68(5,6)7)30-34-61(55)75(59)63-49(57-26-14-16-36-70-57)22-18-24-51(63)66-72-65(44-20-12-11-13-21-44)73-67(74-66)52-25-19-23-50(58-27-15-17-37-71-58)64(52)76-60-33-29-46(43(3)4)39-54(60)56-41-48(69(8,9)10)31-35-62(56)76/h11-43H,1-10H3. The maximum atomic E-state index is 5.71. The van der Waals surface area contributed by atoms with Crippen LogP contribution in [0.4, 0.5) is 0 Å².